The molecule has 8 nitrogen and oxygen atoms in total. The molecule has 0 aliphatic carbocycles. The van der Waals surface area contributed by atoms with E-state index in [4.69, 9.17) is 11.5 Å². The highest BCUT2D eigenvalue weighted by Crippen LogP contribution is 2.07. The number of pyridine rings is 1. The molecule has 1 aromatic carbocycles. The molecule has 0 fully saturated rings. The lowest BCUT2D eigenvalue weighted by molar-refractivity contribution is -0.128. The maximum absolute atomic E-state index is 12.9. The Hall–Kier alpha value is -3.26. The first-order valence-electron chi connectivity index (χ1n) is 9.57. The molecule has 0 saturated carbocycles. The van der Waals surface area contributed by atoms with Crippen molar-refractivity contribution in [3.8, 4) is 0 Å². The van der Waals surface area contributed by atoms with Crippen LogP contribution in [0.1, 0.15) is 35.3 Å². The minimum absolute atomic E-state index is 0.202. The number of hydrogen-bond donors (Lipinski definition) is 4. The zero-order valence-electron chi connectivity index (χ0n) is 16.2. The van der Waals surface area contributed by atoms with Crippen molar-refractivity contribution in [1.82, 2.24) is 15.6 Å². The molecule has 0 aliphatic heterocycles. The predicted molar refractivity (Wildman–Crippen MR) is 110 cm³/mol. The van der Waals surface area contributed by atoms with Crippen LogP contribution in [0.15, 0.2) is 54.7 Å². The van der Waals surface area contributed by atoms with Gasteiger partial charge in [-0.2, -0.15) is 0 Å². The Labute approximate surface area is 170 Å². The third-order valence-electron chi connectivity index (χ3n) is 4.41. The van der Waals surface area contributed by atoms with E-state index in [-0.39, 0.29) is 12.1 Å². The van der Waals surface area contributed by atoms with Crippen LogP contribution >= 0.6 is 0 Å². The molecule has 3 amide bonds. The predicted octanol–water partition coefficient (Wildman–Crippen LogP) is 0.522. The highest BCUT2D eigenvalue weighted by molar-refractivity contribution is 5.97. The Morgan fingerprint density at radius 1 is 0.931 bits per heavy atom. The summed E-state index contributed by atoms with van der Waals surface area (Å²) in [6, 6.07) is 12.5. The third-order valence-corrected chi connectivity index (χ3v) is 4.41. The summed E-state index contributed by atoms with van der Waals surface area (Å²) in [5.41, 5.74) is 12.0. The van der Waals surface area contributed by atoms with Crippen molar-refractivity contribution >= 4 is 17.7 Å². The molecule has 0 saturated heterocycles. The fourth-order valence-electron chi connectivity index (χ4n) is 2.84. The SMILES string of the molecule is NCCCC[C@H](NC(=O)[C@H](Cc1ccccc1)NC(=O)c1ccccn1)C(N)=O. The fraction of sp³-hybridized carbons (Fsp3) is 0.333. The summed E-state index contributed by atoms with van der Waals surface area (Å²) >= 11 is 0. The van der Waals surface area contributed by atoms with E-state index >= 15 is 0 Å². The molecule has 2 rings (SSSR count). The fourth-order valence-corrected chi connectivity index (χ4v) is 2.84. The summed E-state index contributed by atoms with van der Waals surface area (Å²) in [4.78, 5) is 41.1. The summed E-state index contributed by atoms with van der Waals surface area (Å²) < 4.78 is 0. The van der Waals surface area contributed by atoms with E-state index in [0.29, 0.717) is 19.4 Å². The summed E-state index contributed by atoms with van der Waals surface area (Å²) in [7, 11) is 0. The number of nitrogens with zero attached hydrogens (tertiary/aromatic N) is 1. The van der Waals surface area contributed by atoms with E-state index in [9.17, 15) is 14.4 Å². The molecule has 0 radical (unpaired) electrons. The van der Waals surface area contributed by atoms with Gasteiger partial charge in [-0.3, -0.25) is 19.4 Å². The van der Waals surface area contributed by atoms with Crippen LogP contribution in [-0.2, 0) is 16.0 Å². The van der Waals surface area contributed by atoms with E-state index in [0.717, 1.165) is 12.0 Å². The largest absolute Gasteiger partial charge is 0.368 e. The van der Waals surface area contributed by atoms with E-state index < -0.39 is 29.8 Å². The lowest BCUT2D eigenvalue weighted by Gasteiger charge is -2.22. The van der Waals surface area contributed by atoms with Crippen LogP contribution in [0.25, 0.3) is 0 Å². The van der Waals surface area contributed by atoms with Crippen LogP contribution in [0, 0.1) is 0 Å². The number of hydrogen-bond acceptors (Lipinski definition) is 5. The standard InChI is InChI=1S/C21H27N5O3/c22-12-6-4-10-16(19(23)27)25-21(29)18(14-15-8-2-1-3-9-15)26-20(28)17-11-5-7-13-24-17/h1-3,5,7-9,11,13,16,18H,4,6,10,12,14,22H2,(H2,23,27)(H,25,29)(H,26,28)/t16-,18-/m0/s1. The van der Waals surface area contributed by atoms with Crippen molar-refractivity contribution < 1.29 is 14.4 Å². The van der Waals surface area contributed by atoms with Gasteiger partial charge >= 0.3 is 0 Å². The number of primary amides is 1. The van der Waals surface area contributed by atoms with Gasteiger partial charge < -0.3 is 22.1 Å². The van der Waals surface area contributed by atoms with Gasteiger partial charge in [0.15, 0.2) is 0 Å². The van der Waals surface area contributed by atoms with Gasteiger partial charge in [0.2, 0.25) is 11.8 Å². The molecular weight excluding hydrogens is 370 g/mol. The average Bonchev–Trinajstić information content (AvgIpc) is 2.73. The number of nitrogens with one attached hydrogen (secondary N) is 2. The van der Waals surface area contributed by atoms with E-state index in [1.54, 1.807) is 18.2 Å². The van der Waals surface area contributed by atoms with Gasteiger partial charge in [-0.15, -0.1) is 0 Å². The molecule has 0 spiro atoms. The second-order valence-electron chi connectivity index (χ2n) is 6.68. The van der Waals surface area contributed by atoms with Gasteiger partial charge in [-0.1, -0.05) is 36.4 Å². The monoisotopic (exact) mass is 397 g/mol. The molecule has 0 aliphatic rings. The Kier molecular flexibility index (Phi) is 8.78. The minimum Gasteiger partial charge on any atom is -0.368 e. The minimum atomic E-state index is -0.886. The number of aromatic nitrogens is 1. The Morgan fingerprint density at radius 3 is 2.28 bits per heavy atom. The normalized spacial score (nSPS) is 12.6. The number of benzene rings is 1. The number of rotatable bonds is 11. The molecule has 0 bridgehead atoms. The Bertz CT molecular complexity index is 798. The van der Waals surface area contributed by atoms with Crippen LogP contribution in [0.4, 0.5) is 0 Å². The van der Waals surface area contributed by atoms with Crippen LogP contribution in [0.3, 0.4) is 0 Å². The molecule has 29 heavy (non-hydrogen) atoms. The lowest BCUT2D eigenvalue weighted by Crippen LogP contribution is -2.53. The molecular formula is C21H27N5O3. The number of amides is 3. The van der Waals surface area contributed by atoms with Crippen molar-refractivity contribution in [3.63, 3.8) is 0 Å². The molecule has 2 aromatic rings. The zero-order chi connectivity index (χ0) is 21.1. The first kappa shape index (κ1) is 22.0. The van der Waals surface area contributed by atoms with Crippen LogP contribution in [0.5, 0.6) is 0 Å². The van der Waals surface area contributed by atoms with Crippen molar-refractivity contribution in [2.75, 3.05) is 6.54 Å². The van der Waals surface area contributed by atoms with E-state index in [1.165, 1.54) is 6.20 Å². The molecule has 8 heteroatoms. The van der Waals surface area contributed by atoms with Crippen LogP contribution in [-0.4, -0.2) is 41.3 Å². The second-order valence-corrected chi connectivity index (χ2v) is 6.68. The Morgan fingerprint density at radius 2 is 1.66 bits per heavy atom. The highest BCUT2D eigenvalue weighted by atomic mass is 16.2. The number of carbonyl (C=O) groups is 3. The van der Waals surface area contributed by atoms with Crippen molar-refractivity contribution in [1.29, 1.82) is 0 Å². The van der Waals surface area contributed by atoms with Gasteiger partial charge in [0.25, 0.3) is 5.91 Å². The van der Waals surface area contributed by atoms with Crippen LogP contribution in [0.2, 0.25) is 0 Å². The van der Waals surface area contributed by atoms with Crippen LogP contribution < -0.4 is 22.1 Å². The van der Waals surface area contributed by atoms with E-state index in [1.807, 2.05) is 30.3 Å². The summed E-state index contributed by atoms with van der Waals surface area (Å²) in [5, 5.41) is 5.37. The van der Waals surface area contributed by atoms with Crippen molar-refractivity contribution in [2.24, 2.45) is 11.5 Å². The van der Waals surface area contributed by atoms with Gasteiger partial charge in [-0.05, 0) is 43.5 Å². The van der Waals surface area contributed by atoms with Gasteiger partial charge in [0.1, 0.15) is 17.8 Å². The van der Waals surface area contributed by atoms with Gasteiger partial charge in [0, 0.05) is 12.6 Å². The summed E-state index contributed by atoms with van der Waals surface area (Å²) in [6.07, 6.45) is 3.54. The lowest BCUT2D eigenvalue weighted by atomic mass is 10.0. The van der Waals surface area contributed by atoms with E-state index in [2.05, 4.69) is 15.6 Å². The van der Waals surface area contributed by atoms with Gasteiger partial charge in [0.05, 0.1) is 0 Å². The molecule has 1 aromatic heterocycles. The first-order chi connectivity index (χ1) is 14.0. The quantitative estimate of drug-likeness (QED) is 0.409. The molecule has 0 unspecified atom stereocenters. The molecule has 1 heterocycles. The molecule has 154 valence electrons. The zero-order valence-corrected chi connectivity index (χ0v) is 16.2. The summed E-state index contributed by atoms with van der Waals surface area (Å²) in [5.74, 6) is -1.57. The number of carbonyl (C=O) groups excluding carboxylic acids is 3. The highest BCUT2D eigenvalue weighted by Gasteiger charge is 2.26. The van der Waals surface area contributed by atoms with Crippen molar-refractivity contribution in [3.05, 3.63) is 66.0 Å². The number of nitrogens with two attached hydrogens (primary N) is 2. The van der Waals surface area contributed by atoms with Crippen molar-refractivity contribution in [2.45, 2.75) is 37.8 Å². The first-order valence-corrected chi connectivity index (χ1v) is 9.57. The van der Waals surface area contributed by atoms with Gasteiger partial charge in [-0.25, -0.2) is 0 Å². The smallest absolute Gasteiger partial charge is 0.270 e. The summed E-state index contributed by atoms with van der Waals surface area (Å²) in [6.45, 7) is 0.496. The second kappa shape index (κ2) is 11.6. The average molecular weight is 397 g/mol. The Balaban J connectivity index is 2.13. The maximum atomic E-state index is 12.9. The third kappa shape index (κ3) is 7.34. The topological polar surface area (TPSA) is 140 Å². The molecule has 2 atom stereocenters. The number of unbranched alkanes of at least 4 members (excludes halogenated alkanes) is 1. The maximum Gasteiger partial charge on any atom is 0.270 e. The molecule has 6 N–H and O–H groups in total.